The molecule has 0 amide bonds. The maximum atomic E-state index is 10.1. The topological polar surface area (TPSA) is 32.3 Å². The van der Waals surface area contributed by atoms with Crippen molar-refractivity contribution < 1.29 is 5.11 Å². The van der Waals surface area contributed by atoms with Crippen LogP contribution in [0.3, 0.4) is 0 Å². The molecule has 0 aromatic heterocycles. The van der Waals surface area contributed by atoms with Crippen LogP contribution in [0, 0.1) is 5.92 Å². The molecular formula is C13H27NO. The predicted molar refractivity (Wildman–Crippen MR) is 65.0 cm³/mol. The minimum absolute atomic E-state index is 0.492. The minimum atomic E-state index is -0.492. The van der Waals surface area contributed by atoms with Gasteiger partial charge < -0.3 is 10.4 Å². The van der Waals surface area contributed by atoms with E-state index in [0.717, 1.165) is 25.3 Å². The molecule has 0 spiro atoms. The van der Waals surface area contributed by atoms with Crippen LogP contribution in [0.2, 0.25) is 0 Å². The lowest BCUT2D eigenvalue weighted by molar-refractivity contribution is 0.0292. The molecule has 1 fully saturated rings. The SMILES string of the molecule is CCC(O)(CC)CNC(C)CC1CCC1. The van der Waals surface area contributed by atoms with Crippen LogP contribution < -0.4 is 5.32 Å². The van der Waals surface area contributed by atoms with Gasteiger partial charge in [-0.3, -0.25) is 0 Å². The van der Waals surface area contributed by atoms with Gasteiger partial charge in [-0.2, -0.15) is 0 Å². The summed E-state index contributed by atoms with van der Waals surface area (Å²) in [5.41, 5.74) is -0.492. The molecule has 1 aliphatic rings. The van der Waals surface area contributed by atoms with E-state index < -0.39 is 5.60 Å². The van der Waals surface area contributed by atoms with Crippen molar-refractivity contribution in [3.63, 3.8) is 0 Å². The van der Waals surface area contributed by atoms with Crippen LogP contribution in [0.1, 0.15) is 59.3 Å². The third-order valence-corrected chi connectivity index (χ3v) is 4.01. The number of aliphatic hydroxyl groups is 1. The van der Waals surface area contributed by atoms with Gasteiger partial charge in [0, 0.05) is 12.6 Å². The Kier molecular flexibility index (Phi) is 5.07. The Labute approximate surface area is 94.5 Å². The first kappa shape index (κ1) is 13.0. The molecule has 0 saturated heterocycles. The average Bonchev–Trinajstić information content (AvgIpc) is 2.20. The first-order valence-corrected chi connectivity index (χ1v) is 6.55. The van der Waals surface area contributed by atoms with Gasteiger partial charge in [-0.1, -0.05) is 33.1 Å². The number of hydrogen-bond donors (Lipinski definition) is 2. The van der Waals surface area contributed by atoms with E-state index >= 15 is 0 Å². The Morgan fingerprint density at radius 2 is 1.93 bits per heavy atom. The lowest BCUT2D eigenvalue weighted by Gasteiger charge is -2.31. The van der Waals surface area contributed by atoms with E-state index in [0.29, 0.717) is 6.04 Å². The standard InChI is InChI=1S/C13H27NO/c1-4-13(15,5-2)10-14-11(3)9-12-7-6-8-12/h11-12,14-15H,4-10H2,1-3H3. The van der Waals surface area contributed by atoms with E-state index in [-0.39, 0.29) is 0 Å². The molecule has 2 heteroatoms. The highest BCUT2D eigenvalue weighted by molar-refractivity contribution is 4.81. The van der Waals surface area contributed by atoms with Crippen molar-refractivity contribution in [2.45, 2.75) is 70.9 Å². The maximum absolute atomic E-state index is 10.1. The lowest BCUT2D eigenvalue weighted by Crippen LogP contribution is -2.43. The van der Waals surface area contributed by atoms with E-state index in [1.54, 1.807) is 0 Å². The first-order valence-electron chi connectivity index (χ1n) is 6.55. The highest BCUT2D eigenvalue weighted by Crippen LogP contribution is 2.30. The summed E-state index contributed by atoms with van der Waals surface area (Å²) < 4.78 is 0. The molecule has 0 radical (unpaired) electrons. The van der Waals surface area contributed by atoms with Crippen molar-refractivity contribution in [3.05, 3.63) is 0 Å². The molecule has 90 valence electrons. The second-order valence-electron chi connectivity index (χ2n) is 5.25. The van der Waals surface area contributed by atoms with Gasteiger partial charge in [-0.05, 0) is 32.1 Å². The van der Waals surface area contributed by atoms with Gasteiger partial charge >= 0.3 is 0 Å². The lowest BCUT2D eigenvalue weighted by atomic mass is 9.81. The number of rotatable bonds is 7. The van der Waals surface area contributed by atoms with Crippen LogP contribution in [0.25, 0.3) is 0 Å². The molecule has 15 heavy (non-hydrogen) atoms. The quantitative estimate of drug-likeness (QED) is 0.681. The van der Waals surface area contributed by atoms with Crippen LogP contribution in [0.15, 0.2) is 0 Å². The van der Waals surface area contributed by atoms with Crippen LogP contribution in [0.4, 0.5) is 0 Å². The van der Waals surface area contributed by atoms with Crippen molar-refractivity contribution in [1.82, 2.24) is 5.32 Å². The molecule has 1 aliphatic carbocycles. The van der Waals surface area contributed by atoms with Crippen molar-refractivity contribution in [1.29, 1.82) is 0 Å². The largest absolute Gasteiger partial charge is 0.389 e. The summed E-state index contributed by atoms with van der Waals surface area (Å²) in [5, 5.41) is 13.6. The summed E-state index contributed by atoms with van der Waals surface area (Å²) in [6, 6.07) is 0.555. The van der Waals surface area contributed by atoms with E-state index in [2.05, 4.69) is 26.1 Å². The zero-order chi connectivity index (χ0) is 11.3. The van der Waals surface area contributed by atoms with Gasteiger partial charge in [0.05, 0.1) is 5.60 Å². The van der Waals surface area contributed by atoms with Gasteiger partial charge in [0.25, 0.3) is 0 Å². The maximum Gasteiger partial charge on any atom is 0.0766 e. The molecule has 1 saturated carbocycles. The van der Waals surface area contributed by atoms with E-state index in [1.807, 2.05) is 0 Å². The summed E-state index contributed by atoms with van der Waals surface area (Å²) in [6.07, 6.45) is 7.21. The second kappa shape index (κ2) is 5.86. The number of nitrogens with one attached hydrogen (secondary N) is 1. The summed E-state index contributed by atoms with van der Waals surface area (Å²) in [4.78, 5) is 0. The molecular weight excluding hydrogens is 186 g/mol. The van der Waals surface area contributed by atoms with E-state index in [9.17, 15) is 5.11 Å². The molecule has 2 N–H and O–H groups in total. The van der Waals surface area contributed by atoms with Crippen molar-refractivity contribution in [2.24, 2.45) is 5.92 Å². The zero-order valence-electron chi connectivity index (χ0n) is 10.6. The third-order valence-electron chi connectivity index (χ3n) is 4.01. The van der Waals surface area contributed by atoms with Crippen LogP contribution in [-0.2, 0) is 0 Å². The smallest absolute Gasteiger partial charge is 0.0766 e. The summed E-state index contributed by atoms with van der Waals surface area (Å²) in [6.45, 7) is 7.10. The fourth-order valence-corrected chi connectivity index (χ4v) is 2.18. The molecule has 1 atom stereocenters. The molecule has 0 aliphatic heterocycles. The summed E-state index contributed by atoms with van der Waals surface area (Å²) in [7, 11) is 0. The minimum Gasteiger partial charge on any atom is -0.389 e. The first-order chi connectivity index (χ1) is 7.09. The summed E-state index contributed by atoms with van der Waals surface area (Å²) >= 11 is 0. The fourth-order valence-electron chi connectivity index (χ4n) is 2.18. The Balaban J connectivity index is 2.16. The van der Waals surface area contributed by atoms with Gasteiger partial charge in [0.2, 0.25) is 0 Å². The monoisotopic (exact) mass is 213 g/mol. The van der Waals surface area contributed by atoms with Crippen molar-refractivity contribution in [3.8, 4) is 0 Å². The third kappa shape index (κ3) is 4.12. The Morgan fingerprint density at radius 3 is 2.33 bits per heavy atom. The molecule has 0 heterocycles. The van der Waals surface area contributed by atoms with Gasteiger partial charge in [0.1, 0.15) is 0 Å². The average molecular weight is 213 g/mol. The number of hydrogen-bond acceptors (Lipinski definition) is 2. The van der Waals surface area contributed by atoms with Crippen LogP contribution in [-0.4, -0.2) is 23.3 Å². The molecule has 0 bridgehead atoms. The van der Waals surface area contributed by atoms with Crippen LogP contribution in [0.5, 0.6) is 0 Å². The van der Waals surface area contributed by atoms with Gasteiger partial charge in [-0.15, -0.1) is 0 Å². The van der Waals surface area contributed by atoms with Crippen molar-refractivity contribution in [2.75, 3.05) is 6.54 Å². The molecule has 0 aromatic rings. The normalized spacial score (nSPS) is 20.0. The van der Waals surface area contributed by atoms with Gasteiger partial charge in [0.15, 0.2) is 0 Å². The molecule has 2 nitrogen and oxygen atoms in total. The van der Waals surface area contributed by atoms with Crippen molar-refractivity contribution >= 4 is 0 Å². The van der Waals surface area contributed by atoms with E-state index in [4.69, 9.17) is 0 Å². The zero-order valence-corrected chi connectivity index (χ0v) is 10.6. The predicted octanol–water partition coefficient (Wildman–Crippen LogP) is 2.71. The molecule has 1 rings (SSSR count). The van der Waals surface area contributed by atoms with E-state index in [1.165, 1.54) is 25.7 Å². The molecule has 0 aromatic carbocycles. The Bertz CT molecular complexity index is 173. The Hall–Kier alpha value is -0.0800. The highest BCUT2D eigenvalue weighted by Gasteiger charge is 2.24. The molecule has 1 unspecified atom stereocenters. The van der Waals surface area contributed by atoms with Crippen LogP contribution >= 0.6 is 0 Å². The highest BCUT2D eigenvalue weighted by atomic mass is 16.3. The second-order valence-corrected chi connectivity index (χ2v) is 5.25. The summed E-state index contributed by atoms with van der Waals surface area (Å²) in [5.74, 6) is 0.948. The fraction of sp³-hybridized carbons (Fsp3) is 1.00. The Morgan fingerprint density at radius 1 is 1.33 bits per heavy atom. The van der Waals surface area contributed by atoms with Gasteiger partial charge in [-0.25, -0.2) is 0 Å².